The summed E-state index contributed by atoms with van der Waals surface area (Å²) in [6, 6.07) is 5.23. The molecule has 21 heavy (non-hydrogen) atoms. The summed E-state index contributed by atoms with van der Waals surface area (Å²) in [5.41, 5.74) is 4.47. The Hall–Kier alpha value is -2.22. The average Bonchev–Trinajstić information content (AvgIpc) is 2.40. The first kappa shape index (κ1) is 15.2. The SMILES string of the molecule is NC(=S)c1ccc(Oc2ccc(F)c(C(F)(F)F)c2)nc1. The minimum absolute atomic E-state index is 0.0368. The zero-order valence-electron chi connectivity index (χ0n) is 10.3. The lowest BCUT2D eigenvalue weighted by Gasteiger charge is -2.10. The van der Waals surface area contributed by atoms with E-state index in [1.54, 1.807) is 0 Å². The predicted octanol–water partition coefficient (Wildman–Crippen LogP) is 3.67. The van der Waals surface area contributed by atoms with E-state index in [1.165, 1.54) is 18.3 Å². The maximum Gasteiger partial charge on any atom is 0.419 e. The molecule has 0 radical (unpaired) electrons. The van der Waals surface area contributed by atoms with E-state index >= 15 is 0 Å². The summed E-state index contributed by atoms with van der Waals surface area (Å²) in [6.45, 7) is 0. The molecule has 0 atom stereocenters. The topological polar surface area (TPSA) is 48.1 Å². The number of nitrogens with zero attached hydrogens (tertiary/aromatic N) is 1. The highest BCUT2D eigenvalue weighted by molar-refractivity contribution is 7.80. The summed E-state index contributed by atoms with van der Waals surface area (Å²) in [4.78, 5) is 3.98. The van der Waals surface area contributed by atoms with Gasteiger partial charge in [0.25, 0.3) is 0 Å². The van der Waals surface area contributed by atoms with Crippen LogP contribution in [0.15, 0.2) is 36.5 Å². The van der Waals surface area contributed by atoms with E-state index in [1.807, 2.05) is 0 Å². The minimum atomic E-state index is -4.80. The number of nitrogens with two attached hydrogens (primary N) is 1. The van der Waals surface area contributed by atoms with E-state index in [-0.39, 0.29) is 16.6 Å². The van der Waals surface area contributed by atoms with Gasteiger partial charge in [-0.1, -0.05) is 12.2 Å². The molecule has 1 aromatic carbocycles. The number of alkyl halides is 3. The highest BCUT2D eigenvalue weighted by atomic mass is 32.1. The number of rotatable bonds is 3. The molecular formula is C13H8F4N2OS. The Morgan fingerprint density at radius 1 is 1.19 bits per heavy atom. The first-order chi connectivity index (χ1) is 9.77. The van der Waals surface area contributed by atoms with Gasteiger partial charge in [-0.05, 0) is 24.3 Å². The molecule has 0 aliphatic heterocycles. The third-order valence-corrected chi connectivity index (χ3v) is 2.72. The molecule has 1 heterocycles. The molecule has 8 heteroatoms. The van der Waals surface area contributed by atoms with Crippen LogP contribution in [0.3, 0.4) is 0 Å². The van der Waals surface area contributed by atoms with Crippen molar-refractivity contribution in [1.29, 1.82) is 0 Å². The molecule has 2 N–H and O–H groups in total. The van der Waals surface area contributed by atoms with Crippen LogP contribution in [-0.2, 0) is 6.18 Å². The molecule has 0 saturated heterocycles. The van der Waals surface area contributed by atoms with Crippen molar-refractivity contribution in [2.24, 2.45) is 5.73 Å². The molecule has 2 rings (SSSR count). The van der Waals surface area contributed by atoms with Gasteiger partial charge in [0.1, 0.15) is 16.6 Å². The van der Waals surface area contributed by atoms with Crippen LogP contribution in [0, 0.1) is 5.82 Å². The number of hydrogen-bond donors (Lipinski definition) is 1. The van der Waals surface area contributed by atoms with Crippen LogP contribution >= 0.6 is 12.2 Å². The van der Waals surface area contributed by atoms with Crippen molar-refractivity contribution in [2.75, 3.05) is 0 Å². The van der Waals surface area contributed by atoms with E-state index < -0.39 is 17.6 Å². The fourth-order valence-corrected chi connectivity index (χ4v) is 1.61. The maximum atomic E-state index is 13.1. The standard InChI is InChI=1S/C13H8F4N2OS/c14-10-3-2-8(5-9(10)13(15,16)17)20-11-4-1-7(6-19-11)12(18)21/h1-6H,(H2,18,21). The van der Waals surface area contributed by atoms with Gasteiger partial charge in [0.2, 0.25) is 5.88 Å². The maximum absolute atomic E-state index is 13.1. The zero-order chi connectivity index (χ0) is 15.6. The van der Waals surface area contributed by atoms with Crippen molar-refractivity contribution < 1.29 is 22.3 Å². The Labute approximate surface area is 122 Å². The van der Waals surface area contributed by atoms with Gasteiger partial charge < -0.3 is 10.5 Å². The summed E-state index contributed by atoms with van der Waals surface area (Å²) >= 11 is 4.74. The van der Waals surface area contributed by atoms with E-state index in [9.17, 15) is 17.6 Å². The minimum Gasteiger partial charge on any atom is -0.439 e. The number of benzene rings is 1. The quantitative estimate of drug-likeness (QED) is 0.693. The average molecular weight is 316 g/mol. The molecule has 0 aliphatic carbocycles. The number of halogens is 4. The molecule has 0 saturated carbocycles. The Balaban J connectivity index is 2.26. The molecule has 0 unspecified atom stereocenters. The summed E-state index contributed by atoms with van der Waals surface area (Å²) in [6.07, 6.45) is -3.47. The number of thiocarbonyl (C=S) groups is 1. The van der Waals surface area contributed by atoms with Crippen LogP contribution in [0.4, 0.5) is 17.6 Å². The van der Waals surface area contributed by atoms with Gasteiger partial charge in [-0.15, -0.1) is 0 Å². The van der Waals surface area contributed by atoms with Gasteiger partial charge in [0.05, 0.1) is 5.56 Å². The zero-order valence-corrected chi connectivity index (χ0v) is 11.1. The highest BCUT2D eigenvalue weighted by Gasteiger charge is 2.34. The molecule has 3 nitrogen and oxygen atoms in total. The van der Waals surface area contributed by atoms with Crippen molar-refractivity contribution in [3.05, 3.63) is 53.5 Å². The van der Waals surface area contributed by atoms with E-state index in [0.29, 0.717) is 17.7 Å². The third-order valence-electron chi connectivity index (χ3n) is 2.49. The number of aromatic nitrogens is 1. The molecule has 110 valence electrons. The van der Waals surface area contributed by atoms with E-state index in [2.05, 4.69) is 4.98 Å². The fourth-order valence-electron chi connectivity index (χ4n) is 1.49. The number of hydrogen-bond acceptors (Lipinski definition) is 3. The van der Waals surface area contributed by atoms with Crippen LogP contribution in [0.5, 0.6) is 11.6 Å². The third kappa shape index (κ3) is 3.66. The van der Waals surface area contributed by atoms with Gasteiger partial charge in [0, 0.05) is 17.8 Å². The smallest absolute Gasteiger partial charge is 0.419 e. The Bertz CT molecular complexity index is 671. The first-order valence-electron chi connectivity index (χ1n) is 5.58. The van der Waals surface area contributed by atoms with Gasteiger partial charge >= 0.3 is 6.18 Å². The lowest BCUT2D eigenvalue weighted by atomic mass is 10.2. The Morgan fingerprint density at radius 2 is 1.90 bits per heavy atom. The molecule has 0 fully saturated rings. The molecule has 0 amide bonds. The van der Waals surface area contributed by atoms with Gasteiger partial charge in [0.15, 0.2) is 0 Å². The van der Waals surface area contributed by atoms with Crippen LogP contribution in [-0.4, -0.2) is 9.97 Å². The van der Waals surface area contributed by atoms with Gasteiger partial charge in [-0.2, -0.15) is 13.2 Å². The molecule has 0 aliphatic rings. The summed E-state index contributed by atoms with van der Waals surface area (Å²) in [7, 11) is 0. The largest absolute Gasteiger partial charge is 0.439 e. The Kier molecular flexibility index (Phi) is 4.08. The second kappa shape index (κ2) is 5.65. The van der Waals surface area contributed by atoms with Crippen LogP contribution < -0.4 is 10.5 Å². The summed E-state index contributed by atoms with van der Waals surface area (Å²) in [5.74, 6) is -1.51. The monoisotopic (exact) mass is 316 g/mol. The van der Waals surface area contributed by atoms with Crippen LogP contribution in [0.2, 0.25) is 0 Å². The molecule has 0 bridgehead atoms. The second-order valence-electron chi connectivity index (χ2n) is 3.99. The van der Waals surface area contributed by atoms with E-state index in [0.717, 1.165) is 6.07 Å². The first-order valence-corrected chi connectivity index (χ1v) is 5.98. The number of ether oxygens (including phenoxy) is 1. The van der Waals surface area contributed by atoms with Crippen LogP contribution in [0.25, 0.3) is 0 Å². The second-order valence-corrected chi connectivity index (χ2v) is 4.43. The van der Waals surface area contributed by atoms with Crippen molar-refractivity contribution in [2.45, 2.75) is 6.18 Å². The fraction of sp³-hybridized carbons (Fsp3) is 0.0769. The normalized spacial score (nSPS) is 11.2. The van der Waals surface area contributed by atoms with Crippen molar-refractivity contribution >= 4 is 17.2 Å². The summed E-state index contributed by atoms with van der Waals surface area (Å²) < 4.78 is 56.0. The highest BCUT2D eigenvalue weighted by Crippen LogP contribution is 2.34. The van der Waals surface area contributed by atoms with Crippen molar-refractivity contribution in [1.82, 2.24) is 4.98 Å². The lowest BCUT2D eigenvalue weighted by Crippen LogP contribution is -2.09. The van der Waals surface area contributed by atoms with E-state index in [4.69, 9.17) is 22.7 Å². The molecule has 2 aromatic rings. The van der Waals surface area contributed by atoms with Crippen molar-refractivity contribution in [3.63, 3.8) is 0 Å². The van der Waals surface area contributed by atoms with Crippen molar-refractivity contribution in [3.8, 4) is 11.6 Å². The van der Waals surface area contributed by atoms with Crippen LogP contribution in [0.1, 0.15) is 11.1 Å². The molecule has 1 aromatic heterocycles. The lowest BCUT2D eigenvalue weighted by molar-refractivity contribution is -0.140. The Morgan fingerprint density at radius 3 is 2.43 bits per heavy atom. The summed E-state index contributed by atoms with van der Waals surface area (Å²) in [5, 5.41) is 0. The van der Waals surface area contributed by atoms with Gasteiger partial charge in [-0.3, -0.25) is 0 Å². The molecular weight excluding hydrogens is 308 g/mol. The van der Waals surface area contributed by atoms with Gasteiger partial charge in [-0.25, -0.2) is 9.37 Å². The number of pyridine rings is 1. The predicted molar refractivity (Wildman–Crippen MR) is 71.6 cm³/mol. The molecule has 0 spiro atoms.